The van der Waals surface area contributed by atoms with E-state index in [1.807, 2.05) is 30.3 Å². The molecule has 2 rings (SSSR count). The third-order valence-electron chi connectivity index (χ3n) is 2.65. The van der Waals surface area contributed by atoms with Gasteiger partial charge in [-0.1, -0.05) is 6.07 Å². The van der Waals surface area contributed by atoms with Crippen molar-refractivity contribution in [2.24, 2.45) is 0 Å². The zero-order valence-electron chi connectivity index (χ0n) is 10.7. The molecule has 0 bridgehead atoms. The standard InChI is InChI=1S/C15H15O.BrH.Mg/c1-12-8-9-15(10-13(12)2)16-11-14-6-4-3-5-7-14;;/h3-6,8-10H,11H2,1-2H3;1H;/q-1;;+2/p-1. The number of halogens is 1. The molecule has 90 valence electrons. The molecule has 0 fully saturated rings. The van der Waals surface area contributed by atoms with Crippen molar-refractivity contribution in [3.63, 3.8) is 0 Å². The zero-order valence-corrected chi connectivity index (χ0v) is 13.7. The molecule has 0 saturated carbocycles. The van der Waals surface area contributed by atoms with Crippen LogP contribution in [0.4, 0.5) is 0 Å². The first-order chi connectivity index (χ1) is 7.75. The van der Waals surface area contributed by atoms with E-state index in [0.29, 0.717) is 6.61 Å². The average Bonchev–Trinajstić information content (AvgIpc) is 2.32. The maximum absolute atomic E-state index is 5.70. The first-order valence-corrected chi connectivity index (χ1v) is 5.41. The molecular weight excluding hydrogens is 300 g/mol. The fourth-order valence-electron chi connectivity index (χ4n) is 1.49. The van der Waals surface area contributed by atoms with Gasteiger partial charge >= 0.3 is 23.1 Å². The molecule has 3 heteroatoms. The zero-order chi connectivity index (χ0) is 11.4. The molecule has 0 atom stereocenters. The Morgan fingerprint density at radius 2 is 1.83 bits per heavy atom. The molecule has 0 aliphatic rings. The van der Waals surface area contributed by atoms with Gasteiger partial charge in [0.15, 0.2) is 0 Å². The summed E-state index contributed by atoms with van der Waals surface area (Å²) in [5, 5.41) is 0. The van der Waals surface area contributed by atoms with Gasteiger partial charge in [0.2, 0.25) is 0 Å². The molecule has 0 unspecified atom stereocenters. The van der Waals surface area contributed by atoms with Gasteiger partial charge in [-0.3, -0.25) is 0 Å². The molecule has 1 nitrogen and oxygen atoms in total. The summed E-state index contributed by atoms with van der Waals surface area (Å²) in [6.45, 7) is 4.77. The van der Waals surface area contributed by atoms with Crippen LogP contribution in [0.5, 0.6) is 5.75 Å². The van der Waals surface area contributed by atoms with Crippen LogP contribution in [0.25, 0.3) is 0 Å². The number of rotatable bonds is 3. The van der Waals surface area contributed by atoms with E-state index in [1.54, 1.807) is 0 Å². The minimum absolute atomic E-state index is 0. The van der Waals surface area contributed by atoms with Crippen molar-refractivity contribution in [2.75, 3.05) is 0 Å². The molecule has 0 aliphatic heterocycles. The van der Waals surface area contributed by atoms with E-state index < -0.39 is 0 Å². The summed E-state index contributed by atoms with van der Waals surface area (Å²) in [6, 6.07) is 17.2. The largest absolute Gasteiger partial charge is 2.00 e. The van der Waals surface area contributed by atoms with Crippen molar-refractivity contribution in [2.45, 2.75) is 20.5 Å². The van der Waals surface area contributed by atoms with Crippen LogP contribution in [-0.2, 0) is 6.61 Å². The Bertz CT molecular complexity index is 471. The molecule has 0 radical (unpaired) electrons. The summed E-state index contributed by atoms with van der Waals surface area (Å²) in [5.74, 6) is 0.917. The van der Waals surface area contributed by atoms with Gasteiger partial charge in [-0.25, -0.2) is 0 Å². The summed E-state index contributed by atoms with van der Waals surface area (Å²) in [7, 11) is 0. The topological polar surface area (TPSA) is 9.23 Å². The summed E-state index contributed by atoms with van der Waals surface area (Å²) in [4.78, 5) is 0. The maximum Gasteiger partial charge on any atom is 2.00 e. The minimum atomic E-state index is 0. The molecule has 0 N–H and O–H groups in total. The van der Waals surface area contributed by atoms with Crippen molar-refractivity contribution in [1.29, 1.82) is 0 Å². The number of hydrogen-bond acceptors (Lipinski definition) is 1. The van der Waals surface area contributed by atoms with Crippen molar-refractivity contribution in [3.05, 3.63) is 65.2 Å². The Kier molecular flexibility index (Phi) is 8.32. The Hall–Kier alpha value is -0.514. The van der Waals surface area contributed by atoms with E-state index in [2.05, 4.69) is 32.0 Å². The summed E-state index contributed by atoms with van der Waals surface area (Å²) < 4.78 is 5.70. The molecule has 0 aliphatic carbocycles. The van der Waals surface area contributed by atoms with Gasteiger partial charge in [-0.15, -0.1) is 5.56 Å². The Labute approximate surface area is 135 Å². The number of ether oxygens (including phenoxy) is 1. The smallest absolute Gasteiger partial charge is 1.00 e. The number of hydrogen-bond donors (Lipinski definition) is 0. The molecule has 18 heavy (non-hydrogen) atoms. The number of aryl methyl sites for hydroxylation is 2. The van der Waals surface area contributed by atoms with Gasteiger partial charge in [0.1, 0.15) is 5.75 Å². The summed E-state index contributed by atoms with van der Waals surface area (Å²) >= 11 is 0. The van der Waals surface area contributed by atoms with Crippen molar-refractivity contribution in [3.8, 4) is 5.75 Å². The number of benzene rings is 2. The van der Waals surface area contributed by atoms with E-state index in [0.717, 1.165) is 11.3 Å². The van der Waals surface area contributed by atoms with E-state index in [1.165, 1.54) is 11.1 Å². The normalized spacial score (nSPS) is 9.00. The van der Waals surface area contributed by atoms with Gasteiger partial charge in [0.05, 0.1) is 6.61 Å². The molecule has 0 spiro atoms. The molecule has 0 saturated heterocycles. The van der Waals surface area contributed by atoms with Gasteiger partial charge < -0.3 is 21.7 Å². The third-order valence-corrected chi connectivity index (χ3v) is 2.65. The summed E-state index contributed by atoms with van der Waals surface area (Å²) in [6.07, 6.45) is 0. The van der Waals surface area contributed by atoms with Crippen LogP contribution in [0.15, 0.2) is 42.5 Å². The Morgan fingerprint density at radius 3 is 2.44 bits per heavy atom. The summed E-state index contributed by atoms with van der Waals surface area (Å²) in [5.41, 5.74) is 3.62. The van der Waals surface area contributed by atoms with Crippen LogP contribution in [0, 0.1) is 19.9 Å². The van der Waals surface area contributed by atoms with E-state index >= 15 is 0 Å². The van der Waals surface area contributed by atoms with Crippen LogP contribution in [0.1, 0.15) is 16.7 Å². The van der Waals surface area contributed by atoms with Crippen molar-refractivity contribution >= 4 is 23.1 Å². The molecule has 0 amide bonds. The molecule has 2 aromatic rings. The fourth-order valence-corrected chi connectivity index (χ4v) is 1.49. The van der Waals surface area contributed by atoms with Crippen LogP contribution < -0.4 is 21.7 Å². The second-order valence-electron chi connectivity index (χ2n) is 3.92. The third kappa shape index (κ3) is 5.00. The molecule has 0 heterocycles. The van der Waals surface area contributed by atoms with E-state index in [9.17, 15) is 0 Å². The van der Waals surface area contributed by atoms with Crippen LogP contribution in [0.2, 0.25) is 0 Å². The van der Waals surface area contributed by atoms with Crippen molar-refractivity contribution < 1.29 is 21.7 Å². The van der Waals surface area contributed by atoms with Crippen LogP contribution >= 0.6 is 0 Å². The SMILES string of the molecule is Cc1ccc(OCc2[c-]cccc2)cc1C.[Br-].[Mg+2]. The Morgan fingerprint density at radius 1 is 1.06 bits per heavy atom. The maximum atomic E-state index is 5.70. The van der Waals surface area contributed by atoms with Crippen LogP contribution in [0.3, 0.4) is 0 Å². The first-order valence-electron chi connectivity index (χ1n) is 5.41. The van der Waals surface area contributed by atoms with E-state index in [4.69, 9.17) is 4.74 Å². The Balaban J connectivity index is 0.00000144. The monoisotopic (exact) mass is 314 g/mol. The molecular formula is C15H15BrMgO. The predicted molar refractivity (Wildman–Crippen MR) is 71.3 cm³/mol. The molecule has 2 aromatic carbocycles. The van der Waals surface area contributed by atoms with Gasteiger partial charge in [-0.2, -0.15) is 30.3 Å². The molecule has 0 aromatic heterocycles. The first kappa shape index (κ1) is 17.5. The fraction of sp³-hybridized carbons (Fsp3) is 0.200. The van der Waals surface area contributed by atoms with Gasteiger partial charge in [0, 0.05) is 0 Å². The second kappa shape index (κ2) is 8.56. The van der Waals surface area contributed by atoms with Crippen molar-refractivity contribution in [1.82, 2.24) is 0 Å². The minimum Gasteiger partial charge on any atom is -1.00 e. The quantitative estimate of drug-likeness (QED) is 0.585. The van der Waals surface area contributed by atoms with Gasteiger partial charge in [-0.05, 0) is 37.1 Å². The average molecular weight is 315 g/mol. The van der Waals surface area contributed by atoms with Gasteiger partial charge in [0.25, 0.3) is 0 Å². The second-order valence-corrected chi connectivity index (χ2v) is 3.92. The van der Waals surface area contributed by atoms with E-state index in [-0.39, 0.29) is 40.0 Å². The predicted octanol–water partition coefficient (Wildman–Crippen LogP) is 0.306. The van der Waals surface area contributed by atoms with Crippen LogP contribution in [-0.4, -0.2) is 23.1 Å².